The number of aromatic hydroxyl groups is 1. The van der Waals surface area contributed by atoms with Crippen LogP contribution in [-0.4, -0.2) is 76.1 Å². The molecule has 4 aliphatic rings. The van der Waals surface area contributed by atoms with Crippen LogP contribution in [0.5, 0.6) is 5.75 Å². The summed E-state index contributed by atoms with van der Waals surface area (Å²) in [5.41, 5.74) is -0.0475. The Morgan fingerprint density at radius 1 is 1.08 bits per heavy atom. The first kappa shape index (κ1) is 31.5. The third kappa shape index (κ3) is 5.01. The summed E-state index contributed by atoms with van der Waals surface area (Å²) in [5.74, 6) is -0.618. The maximum atomic E-state index is 14.4. The van der Waals surface area contributed by atoms with Crippen LogP contribution in [0.15, 0.2) is 29.3 Å². The van der Waals surface area contributed by atoms with Crippen LogP contribution in [0, 0.1) is 6.92 Å². The van der Waals surface area contributed by atoms with Crippen LogP contribution >= 0.6 is 11.6 Å². The van der Waals surface area contributed by atoms with Gasteiger partial charge >= 0.3 is 6.18 Å². The van der Waals surface area contributed by atoms with Crippen LogP contribution in [-0.2, 0) is 11.0 Å². The zero-order valence-electron chi connectivity index (χ0n) is 26.4. The third-order valence-electron chi connectivity index (χ3n) is 10.2. The molecule has 17 heteroatoms. The van der Waals surface area contributed by atoms with Crippen LogP contribution in [0.1, 0.15) is 90.2 Å². The molecule has 3 fully saturated rings. The smallest absolute Gasteiger partial charge is 0.416 e. The second kappa shape index (κ2) is 11.1. The van der Waals surface area contributed by atoms with Crippen molar-refractivity contribution in [1.29, 1.82) is 0 Å². The fourth-order valence-corrected chi connectivity index (χ4v) is 7.65. The Hall–Kier alpha value is -4.73. The molecule has 3 aromatic heterocycles. The van der Waals surface area contributed by atoms with E-state index in [0.29, 0.717) is 48.7 Å². The number of anilines is 2. The number of carbonyl (C=O) groups is 2. The largest absolute Gasteiger partial charge is 0.504 e. The first-order valence-electron chi connectivity index (χ1n) is 16.1. The Bertz CT molecular complexity index is 2110. The Balaban J connectivity index is 1.17. The number of hydrogen-bond donors (Lipinski definition) is 2. The molecule has 4 aromatic rings. The summed E-state index contributed by atoms with van der Waals surface area (Å²) < 4.78 is 42.7. The predicted octanol–water partition coefficient (Wildman–Crippen LogP) is 4.43. The highest BCUT2D eigenvalue weighted by molar-refractivity contribution is 6.33. The Morgan fingerprint density at radius 2 is 1.84 bits per heavy atom. The highest BCUT2D eigenvalue weighted by Crippen LogP contribution is 2.46. The topological polar surface area (TPSA) is 151 Å². The second-order valence-electron chi connectivity index (χ2n) is 13.3. The number of fused-ring (bicyclic) bond motifs is 4. The molecule has 0 spiro atoms. The molecule has 1 saturated heterocycles. The minimum Gasteiger partial charge on any atom is -0.504 e. The van der Waals surface area contributed by atoms with Gasteiger partial charge < -0.3 is 20.2 Å². The van der Waals surface area contributed by atoms with Gasteiger partial charge in [-0.15, -0.1) is 5.10 Å². The molecule has 2 saturated carbocycles. The summed E-state index contributed by atoms with van der Waals surface area (Å²) in [6.45, 7) is 4.07. The zero-order valence-corrected chi connectivity index (χ0v) is 27.2. The van der Waals surface area contributed by atoms with E-state index in [-0.39, 0.29) is 64.0 Å². The summed E-state index contributed by atoms with van der Waals surface area (Å²) in [6, 6.07) is 1.41. The van der Waals surface area contributed by atoms with Gasteiger partial charge in [0.05, 0.1) is 33.7 Å². The number of aryl methyl sites for hydroxylation is 1. The van der Waals surface area contributed by atoms with Gasteiger partial charge in [-0.2, -0.15) is 22.7 Å². The van der Waals surface area contributed by atoms with Gasteiger partial charge in [-0.1, -0.05) is 18.5 Å². The molecule has 49 heavy (non-hydrogen) atoms. The van der Waals surface area contributed by atoms with Crippen molar-refractivity contribution < 1.29 is 27.9 Å². The molecular formula is C32H31ClF3N9O4. The number of piperazine rings is 1. The Kier molecular flexibility index (Phi) is 7.18. The summed E-state index contributed by atoms with van der Waals surface area (Å²) >= 11 is 6.18. The van der Waals surface area contributed by atoms with Crippen molar-refractivity contribution in [2.75, 3.05) is 23.3 Å². The van der Waals surface area contributed by atoms with Crippen LogP contribution in [0.3, 0.4) is 0 Å². The molecule has 5 heterocycles. The molecule has 13 nitrogen and oxygen atoms in total. The molecule has 2 amide bonds. The van der Waals surface area contributed by atoms with Crippen molar-refractivity contribution in [3.63, 3.8) is 0 Å². The second-order valence-corrected chi connectivity index (χ2v) is 13.7. The Labute approximate surface area is 281 Å². The first-order valence-corrected chi connectivity index (χ1v) is 16.5. The van der Waals surface area contributed by atoms with Gasteiger partial charge in [-0.3, -0.25) is 19.0 Å². The maximum absolute atomic E-state index is 14.4. The minimum absolute atomic E-state index is 0.0289. The average molecular weight is 698 g/mol. The molecule has 4 atom stereocenters. The van der Waals surface area contributed by atoms with E-state index in [4.69, 9.17) is 16.6 Å². The number of rotatable bonds is 5. The number of aromatic nitrogens is 6. The molecule has 256 valence electrons. The summed E-state index contributed by atoms with van der Waals surface area (Å²) in [6.07, 6.45) is 0.103. The van der Waals surface area contributed by atoms with Gasteiger partial charge in [0.1, 0.15) is 18.1 Å². The van der Waals surface area contributed by atoms with Crippen molar-refractivity contribution in [1.82, 2.24) is 34.0 Å². The van der Waals surface area contributed by atoms with Gasteiger partial charge in [0.25, 0.3) is 11.5 Å². The highest BCUT2D eigenvalue weighted by atomic mass is 35.5. The predicted molar refractivity (Wildman–Crippen MR) is 170 cm³/mol. The number of nitrogens with zero attached hydrogens (tertiary/aromatic N) is 8. The number of nitrogens with one attached hydrogen (secondary N) is 1. The van der Waals surface area contributed by atoms with E-state index in [1.54, 1.807) is 16.4 Å². The van der Waals surface area contributed by atoms with E-state index >= 15 is 0 Å². The van der Waals surface area contributed by atoms with Gasteiger partial charge in [-0.05, 0) is 57.2 Å². The van der Waals surface area contributed by atoms with E-state index < -0.39 is 29.6 Å². The molecule has 0 radical (unpaired) electrons. The Morgan fingerprint density at radius 3 is 2.51 bits per heavy atom. The zero-order chi connectivity index (χ0) is 34.5. The molecule has 2 aliphatic heterocycles. The van der Waals surface area contributed by atoms with Gasteiger partial charge in [0, 0.05) is 31.0 Å². The fourth-order valence-electron chi connectivity index (χ4n) is 7.42. The lowest BCUT2D eigenvalue weighted by atomic mass is 9.81. The minimum atomic E-state index is -4.60. The van der Waals surface area contributed by atoms with E-state index in [1.165, 1.54) is 10.8 Å². The normalized spacial score (nSPS) is 23.3. The molecule has 8 rings (SSSR count). The lowest BCUT2D eigenvalue weighted by Crippen LogP contribution is -2.67. The lowest BCUT2D eigenvalue weighted by Gasteiger charge is -2.54. The summed E-state index contributed by atoms with van der Waals surface area (Å²) in [4.78, 5) is 58.3. The molecule has 0 unspecified atom stereocenters. The summed E-state index contributed by atoms with van der Waals surface area (Å²) in [7, 11) is 0. The van der Waals surface area contributed by atoms with Crippen molar-refractivity contribution in [3.05, 3.63) is 68.4 Å². The molecular weight excluding hydrogens is 667 g/mol. The van der Waals surface area contributed by atoms with Gasteiger partial charge in [-0.25, -0.2) is 9.97 Å². The maximum Gasteiger partial charge on any atom is 0.416 e. The number of hydrogen-bond acceptors (Lipinski definition) is 9. The van der Waals surface area contributed by atoms with E-state index in [2.05, 4.69) is 20.4 Å². The highest BCUT2D eigenvalue weighted by Gasteiger charge is 2.49. The molecule has 2 N–H and O–H groups in total. The number of carbonyl (C=O) groups excluding carboxylic acids is 2. The number of alkyl halides is 3. The number of amides is 2. The third-order valence-corrected chi connectivity index (χ3v) is 10.5. The average Bonchev–Trinajstić information content (AvgIpc) is 3.70. The van der Waals surface area contributed by atoms with E-state index in [9.17, 15) is 32.7 Å². The van der Waals surface area contributed by atoms with E-state index in [0.717, 1.165) is 31.0 Å². The molecule has 2 aliphatic carbocycles. The number of halogens is 4. The van der Waals surface area contributed by atoms with Crippen LogP contribution in [0.4, 0.5) is 24.5 Å². The van der Waals surface area contributed by atoms with Crippen molar-refractivity contribution in [3.8, 4) is 5.75 Å². The molecule has 1 aromatic carbocycles. The van der Waals surface area contributed by atoms with E-state index in [1.807, 2.05) is 11.8 Å². The standard InChI is InChI=1S/C32H31ClF3N9O4/c1-14-11-22(28(47)39-19-6-5-17(12-18(19)33)32(34,35)36)44-24(14)25(30(49)45-31(44)40-27(41-45)16-3-4-16)42-9-10-43(21-8-7-20(21)42)29(48)23-26(46)15(2)37-13-38-23/h5-6,12-14,16,20-22,46H,3-4,7-11H2,1-2H3,(H,39,47)/t14-,20+,21+,22-/m1/s1. The SMILES string of the molecule is Cc1ncnc(C(=O)N2CCN(c3c4n(c5nc(C6CC6)nn5c3=O)[C@@H](C(=O)Nc3ccc(C(F)(F)F)cc3Cl)C[C@H]4C)[C@H]3CC[C@@H]32)c1O. The van der Waals surface area contributed by atoms with Crippen molar-refractivity contribution in [2.45, 2.75) is 82.1 Å². The van der Waals surface area contributed by atoms with Crippen LogP contribution in [0.25, 0.3) is 5.78 Å². The quantitative estimate of drug-likeness (QED) is 0.309. The van der Waals surface area contributed by atoms with Crippen LogP contribution < -0.4 is 15.8 Å². The first-order chi connectivity index (χ1) is 23.3. The summed E-state index contributed by atoms with van der Waals surface area (Å²) in [5, 5.41) is 17.6. The monoisotopic (exact) mass is 697 g/mol. The fraction of sp³-hybridized carbons (Fsp3) is 0.469. The van der Waals surface area contributed by atoms with Crippen molar-refractivity contribution in [2.24, 2.45) is 0 Å². The van der Waals surface area contributed by atoms with Gasteiger partial charge in [0.2, 0.25) is 11.7 Å². The van der Waals surface area contributed by atoms with Gasteiger partial charge in [0.15, 0.2) is 17.3 Å². The number of benzene rings is 1. The lowest BCUT2D eigenvalue weighted by molar-refractivity contribution is -0.137. The van der Waals surface area contributed by atoms with Crippen molar-refractivity contribution >= 4 is 40.6 Å². The molecule has 0 bridgehead atoms. The van der Waals surface area contributed by atoms with Crippen LogP contribution in [0.2, 0.25) is 5.02 Å².